The van der Waals surface area contributed by atoms with Crippen LogP contribution in [0.1, 0.15) is 206 Å². The van der Waals surface area contributed by atoms with Gasteiger partial charge in [0, 0.05) is 118 Å². The van der Waals surface area contributed by atoms with Gasteiger partial charge in [0.15, 0.2) is 34.7 Å². The van der Waals surface area contributed by atoms with E-state index in [1.165, 1.54) is 34.4 Å². The molecular formula is C110H106F6N20O4. The predicted octanol–water partition coefficient (Wildman–Crippen LogP) is 23.0. The van der Waals surface area contributed by atoms with Crippen LogP contribution in [-0.2, 0) is 84.4 Å². The topological polar surface area (TPSA) is 256 Å². The van der Waals surface area contributed by atoms with E-state index in [1.54, 1.807) is 68.7 Å². The van der Waals surface area contributed by atoms with E-state index in [1.807, 2.05) is 184 Å². The molecule has 0 bridgehead atoms. The molecule has 140 heavy (non-hydrogen) atoms. The zero-order valence-corrected chi connectivity index (χ0v) is 80.6. The Bertz CT molecular complexity index is 6930. The smallest absolute Gasteiger partial charge is 0.333 e. The molecule has 2 atom stereocenters. The van der Waals surface area contributed by atoms with E-state index < -0.39 is 23.7 Å². The maximum atomic E-state index is 13.1. The van der Waals surface area contributed by atoms with Gasteiger partial charge < -0.3 is 9.13 Å². The standard InChI is InChI=1S/2C28H26F3N5O.2C27H27N5O/c2*1-16(2)21-7-5-6-8-22(21)25-32-14-20-13-24(37)36(27(20)34-25)17(3)18-9-11-19(12-10-18)26-33-23(15-35(26)4)28(29,30)31;2*1-17(2)23-7-5-6-8-24(23)26-28-15-21-14-25(33)31(27(21)29-26)16-20-9-11-22(12-10-20)32-19(4)13-18(3)30-32/h2*5-12,14-17H,13H2,1-4H3;2*5-13,15,17H,14,16H2,1-4H3/t2*17-;;/m10../s1. The molecule has 4 aliphatic rings. The first kappa shape index (κ1) is 96.1. The van der Waals surface area contributed by atoms with Gasteiger partial charge in [0.1, 0.15) is 34.9 Å². The summed E-state index contributed by atoms with van der Waals surface area (Å²) in [5, 5.41) is 9.10. The van der Waals surface area contributed by atoms with Crippen molar-refractivity contribution in [3.8, 4) is 79.7 Å². The second-order valence-corrected chi connectivity index (χ2v) is 37.1. The van der Waals surface area contributed by atoms with Gasteiger partial charge in [0.2, 0.25) is 23.6 Å². The lowest BCUT2D eigenvalue weighted by Crippen LogP contribution is -2.30. The molecule has 20 rings (SSSR count). The molecule has 30 heteroatoms. The van der Waals surface area contributed by atoms with Crippen LogP contribution in [0.25, 0.3) is 79.7 Å². The van der Waals surface area contributed by atoms with Crippen LogP contribution in [0.2, 0.25) is 0 Å². The summed E-state index contributed by atoms with van der Waals surface area (Å²) in [5.41, 5.74) is 21.0. The van der Waals surface area contributed by atoms with E-state index in [0.717, 1.165) is 124 Å². The molecule has 8 aromatic carbocycles. The molecule has 4 aliphatic heterocycles. The molecule has 0 saturated carbocycles. The molecule has 4 amide bonds. The third-order valence-electron chi connectivity index (χ3n) is 25.6. The lowest BCUT2D eigenvalue weighted by molar-refractivity contribution is -0.141. The summed E-state index contributed by atoms with van der Waals surface area (Å²) >= 11 is 0. The summed E-state index contributed by atoms with van der Waals surface area (Å²) in [6.07, 6.45) is 1.10. The Morgan fingerprint density at radius 1 is 0.336 bits per heavy atom. The minimum absolute atomic E-state index is 0.0521. The monoisotopic (exact) mass is 1880 g/mol. The predicted molar refractivity (Wildman–Crippen MR) is 529 cm³/mol. The van der Waals surface area contributed by atoms with E-state index in [2.05, 4.69) is 144 Å². The molecule has 12 heterocycles. The molecule has 16 aromatic rings. The van der Waals surface area contributed by atoms with Crippen LogP contribution in [0.3, 0.4) is 0 Å². The van der Waals surface area contributed by atoms with Gasteiger partial charge in [-0.2, -0.15) is 36.5 Å². The van der Waals surface area contributed by atoms with Crippen molar-refractivity contribution < 1.29 is 45.5 Å². The maximum Gasteiger partial charge on any atom is 0.434 e. The number of hydrogen-bond acceptors (Lipinski definition) is 16. The van der Waals surface area contributed by atoms with Crippen molar-refractivity contribution in [2.45, 2.75) is 184 Å². The minimum Gasteiger partial charge on any atom is -0.333 e. The van der Waals surface area contributed by atoms with Crippen LogP contribution < -0.4 is 19.6 Å². The van der Waals surface area contributed by atoms with Gasteiger partial charge in [-0.05, 0) is 146 Å². The van der Waals surface area contributed by atoms with Gasteiger partial charge in [-0.15, -0.1) is 0 Å². The lowest BCUT2D eigenvalue weighted by atomic mass is 9.97. The average Bonchev–Trinajstić information content (AvgIpc) is 1.61. The normalized spacial score (nSPS) is 13.8. The number of anilines is 4. The fraction of sp³-hybridized carbons (Fsp3) is 0.273. The molecule has 0 fully saturated rings. The van der Waals surface area contributed by atoms with Crippen molar-refractivity contribution >= 4 is 46.9 Å². The molecule has 8 aromatic heterocycles. The summed E-state index contributed by atoms with van der Waals surface area (Å²) in [4.78, 5) is 104. The average molecular weight is 1890 g/mol. The number of benzene rings is 8. The highest BCUT2D eigenvalue weighted by atomic mass is 19.4. The number of hydrogen-bond donors (Lipinski definition) is 0. The van der Waals surface area contributed by atoms with Crippen LogP contribution in [0.5, 0.6) is 0 Å². The molecule has 0 saturated heterocycles. The van der Waals surface area contributed by atoms with Gasteiger partial charge in [-0.25, -0.2) is 59.2 Å². The molecule has 0 spiro atoms. The highest BCUT2D eigenvalue weighted by Gasteiger charge is 2.40. The number of nitrogens with zero attached hydrogens (tertiary/aromatic N) is 20. The van der Waals surface area contributed by atoms with Crippen LogP contribution in [-0.4, -0.2) is 102 Å². The maximum absolute atomic E-state index is 13.1. The van der Waals surface area contributed by atoms with Gasteiger partial charge in [-0.3, -0.25) is 38.8 Å². The SMILES string of the molecule is CC(C)c1ccccc1-c1ncc2c(n1)N([C@@H](C)c1ccc(-c3nc(C(F)(F)F)cn3C)cc1)C(=O)C2.CC(C)c1ccccc1-c1ncc2c(n1)N([C@H](C)c1ccc(-c3nc(C(F)(F)F)cn3C)cc1)C(=O)C2.Cc1cc(C)n(-c2ccc(CN3C(=O)Cc4cnc(-c5ccccc5C(C)C)nc43)cc2)n1.Cc1cc(C)n(-c2ccc(CN3C(=O)Cc4cnc(-c5ccccc5C(C)C)nc43)cc2)n1. The van der Waals surface area contributed by atoms with Crippen molar-refractivity contribution in [2.75, 3.05) is 19.6 Å². The molecule has 0 radical (unpaired) electrons. The van der Waals surface area contributed by atoms with Crippen molar-refractivity contribution in [1.82, 2.24) is 78.5 Å². The molecule has 0 aliphatic carbocycles. The summed E-state index contributed by atoms with van der Waals surface area (Å²) in [7, 11) is 3.06. The second-order valence-electron chi connectivity index (χ2n) is 37.1. The zero-order chi connectivity index (χ0) is 99.2. The molecule has 0 N–H and O–H groups in total. The van der Waals surface area contributed by atoms with E-state index in [-0.39, 0.29) is 72.0 Å². The van der Waals surface area contributed by atoms with Crippen LogP contribution in [0.4, 0.5) is 49.6 Å². The van der Waals surface area contributed by atoms with Crippen molar-refractivity contribution in [1.29, 1.82) is 0 Å². The van der Waals surface area contributed by atoms with E-state index >= 15 is 0 Å². The number of carbonyl (C=O) groups is 4. The Hall–Kier alpha value is -15.6. The summed E-state index contributed by atoms with van der Waals surface area (Å²) in [6.45, 7) is 30.0. The Morgan fingerprint density at radius 3 is 0.886 bits per heavy atom. The van der Waals surface area contributed by atoms with Gasteiger partial charge in [0.25, 0.3) is 0 Å². The van der Waals surface area contributed by atoms with Crippen molar-refractivity contribution in [2.24, 2.45) is 14.1 Å². The molecular weight excluding hydrogens is 1780 g/mol. The van der Waals surface area contributed by atoms with Gasteiger partial charge in [-0.1, -0.05) is 225 Å². The largest absolute Gasteiger partial charge is 0.434 e. The fourth-order valence-electron chi connectivity index (χ4n) is 18.4. The minimum atomic E-state index is -4.51. The second kappa shape index (κ2) is 39.5. The highest BCUT2D eigenvalue weighted by Crippen LogP contribution is 2.43. The van der Waals surface area contributed by atoms with E-state index in [0.29, 0.717) is 95.5 Å². The number of alkyl halides is 6. The van der Waals surface area contributed by atoms with Crippen LogP contribution >= 0.6 is 0 Å². The Morgan fingerprint density at radius 2 is 0.614 bits per heavy atom. The Balaban J connectivity index is 0.000000129. The summed E-state index contributed by atoms with van der Waals surface area (Å²) < 4.78 is 85.0. The van der Waals surface area contributed by atoms with Crippen LogP contribution in [0, 0.1) is 27.7 Å². The molecule has 0 unspecified atom stereocenters. The quantitative estimate of drug-likeness (QED) is 0.0643. The van der Waals surface area contributed by atoms with Crippen molar-refractivity contribution in [3.05, 3.63) is 344 Å². The highest BCUT2D eigenvalue weighted by molar-refractivity contribution is 6.03. The van der Waals surface area contributed by atoms with Gasteiger partial charge >= 0.3 is 12.4 Å². The first-order valence-electron chi connectivity index (χ1n) is 46.6. The number of halogens is 6. The fourth-order valence-corrected chi connectivity index (χ4v) is 18.4. The van der Waals surface area contributed by atoms with Gasteiger partial charge in [0.05, 0.1) is 73.6 Å². The zero-order valence-electron chi connectivity index (χ0n) is 80.6. The number of carbonyl (C=O) groups excluding carboxylic acids is 4. The summed E-state index contributed by atoms with van der Waals surface area (Å²) in [6, 6.07) is 66.3. The molecule has 712 valence electrons. The van der Waals surface area contributed by atoms with E-state index in [4.69, 9.17) is 19.9 Å². The lowest BCUT2D eigenvalue weighted by Gasteiger charge is -2.25. The third-order valence-corrected chi connectivity index (χ3v) is 25.6. The number of imidazole rings is 2. The molecule has 24 nitrogen and oxygen atoms in total. The number of aromatic nitrogens is 16. The van der Waals surface area contributed by atoms with E-state index in [9.17, 15) is 45.5 Å². The first-order chi connectivity index (χ1) is 66.9. The third kappa shape index (κ3) is 20.0. The number of fused-ring (bicyclic) bond motifs is 4. The number of amides is 4. The summed E-state index contributed by atoms with van der Waals surface area (Å²) in [5.74, 6) is 6.75. The Kier molecular flexibility index (Phi) is 27.1. The number of aryl methyl sites for hydroxylation is 6. The Labute approximate surface area is 808 Å². The first-order valence-corrected chi connectivity index (χ1v) is 46.6. The van der Waals surface area contributed by atoms with Crippen LogP contribution in [0.15, 0.2) is 243 Å². The number of rotatable bonds is 20. The van der Waals surface area contributed by atoms with Crippen molar-refractivity contribution in [3.63, 3.8) is 0 Å².